The van der Waals surface area contributed by atoms with E-state index in [-0.39, 0.29) is 22.8 Å². The number of carbonyl (C=O) groups excluding carboxylic acids is 2. The number of carbonyl (C=O) groups is 2. The average molecular weight is 211 g/mol. The van der Waals surface area contributed by atoms with E-state index in [0.717, 1.165) is 12.2 Å². The van der Waals surface area contributed by atoms with Gasteiger partial charge in [-0.15, -0.1) is 0 Å². The second-order valence-corrected chi connectivity index (χ2v) is 1.05. The summed E-state index contributed by atoms with van der Waals surface area (Å²) < 4.78 is 0. The minimum Gasteiger partial charge on any atom is -0.870 e. The molecule has 1 radical (unpaired) electrons. The van der Waals surface area contributed by atoms with E-state index in [0.29, 0.717) is 0 Å². The summed E-state index contributed by atoms with van der Waals surface area (Å²) in [7, 11) is 0. The van der Waals surface area contributed by atoms with Gasteiger partial charge in [-0.3, -0.25) is 0 Å². The summed E-state index contributed by atoms with van der Waals surface area (Å²) >= 11 is 0. The van der Waals surface area contributed by atoms with Gasteiger partial charge in [-0.25, -0.2) is 0 Å². The van der Waals surface area contributed by atoms with Crippen LogP contribution in [0.4, 0.5) is 0 Å². The first kappa shape index (κ1) is 22.4. The molecule has 0 aromatic rings. The number of carboxylic acids is 2. The van der Waals surface area contributed by atoms with Gasteiger partial charge in [0.05, 0.1) is 11.9 Å². The Bertz CT molecular complexity index is 136. The van der Waals surface area contributed by atoms with Gasteiger partial charge in [0.15, 0.2) is 0 Å². The van der Waals surface area contributed by atoms with Gasteiger partial charge in [0.1, 0.15) is 0 Å². The molecule has 6 heteroatoms. The van der Waals surface area contributed by atoms with Gasteiger partial charge in [0.2, 0.25) is 0 Å². The van der Waals surface area contributed by atoms with Gasteiger partial charge in [-0.05, 0) is 12.2 Å². The van der Waals surface area contributed by atoms with Crippen molar-refractivity contribution in [1.82, 2.24) is 0 Å². The topological polar surface area (TPSA) is 110 Å². The van der Waals surface area contributed by atoms with Crippen LogP contribution in [-0.2, 0) is 27.0 Å². The molecule has 0 atom stereocenters. The Morgan fingerprint density at radius 1 is 1.00 bits per heavy atom. The largest absolute Gasteiger partial charge is 3.00 e. The van der Waals surface area contributed by atoms with Gasteiger partial charge in [-0.2, -0.15) is 0 Å². The summed E-state index contributed by atoms with van der Waals surface area (Å²) in [6, 6.07) is 0. The maximum atomic E-state index is 9.14. The van der Waals surface area contributed by atoms with E-state index in [9.17, 15) is 0 Å². The molecule has 0 bridgehead atoms. The molecule has 0 aromatic heterocycles. The van der Waals surface area contributed by atoms with Gasteiger partial charge in [0, 0.05) is 0 Å². The van der Waals surface area contributed by atoms with Crippen molar-refractivity contribution in [1.29, 1.82) is 0 Å². The van der Waals surface area contributed by atoms with Crippen LogP contribution in [0.15, 0.2) is 25.3 Å². The third-order valence-electron chi connectivity index (χ3n) is 0.333. The zero-order valence-electron chi connectivity index (χ0n) is 6.06. The molecule has 0 fully saturated rings. The predicted octanol–water partition coefficient (Wildman–Crippen LogP) is -2.33. The minimum atomic E-state index is -1.23. The fourth-order valence-corrected chi connectivity index (χ4v) is 0. The summed E-state index contributed by atoms with van der Waals surface area (Å²) in [4.78, 5) is 18.3. The molecule has 0 amide bonds. The maximum absolute atomic E-state index is 9.14. The monoisotopic (exact) mass is 211 g/mol. The van der Waals surface area contributed by atoms with Crippen LogP contribution < -0.4 is 10.2 Å². The second kappa shape index (κ2) is 16.5. The van der Waals surface area contributed by atoms with Crippen LogP contribution in [0.2, 0.25) is 0 Å². The summed E-state index contributed by atoms with van der Waals surface area (Å²) in [5.74, 6) is -2.46. The van der Waals surface area contributed by atoms with Crippen LogP contribution in [-0.4, -0.2) is 17.4 Å². The number of aliphatic carboxylic acids is 2. The van der Waals surface area contributed by atoms with Crippen LogP contribution in [0.25, 0.3) is 0 Å². The van der Waals surface area contributed by atoms with E-state index < -0.39 is 11.9 Å². The molecule has 0 aliphatic heterocycles. The first-order valence-corrected chi connectivity index (χ1v) is 2.21. The molecule has 67 valence electrons. The Morgan fingerprint density at radius 3 is 1.08 bits per heavy atom. The Labute approximate surface area is 80.5 Å². The van der Waals surface area contributed by atoms with Crippen molar-refractivity contribution < 1.29 is 42.6 Å². The first-order valence-electron chi connectivity index (χ1n) is 2.21. The zero-order valence-corrected chi connectivity index (χ0v) is 7.33. The van der Waals surface area contributed by atoms with E-state index in [1.165, 1.54) is 0 Å². The van der Waals surface area contributed by atoms with E-state index in [1.54, 1.807) is 0 Å². The Kier molecular flexibility index (Phi) is 30.8. The Morgan fingerprint density at radius 2 is 1.08 bits per heavy atom. The van der Waals surface area contributed by atoms with Crippen LogP contribution in [0.1, 0.15) is 0 Å². The van der Waals surface area contributed by atoms with Gasteiger partial charge in [0.25, 0.3) is 0 Å². The molecule has 0 aliphatic carbocycles. The molecular formula is C6H7CrO5. The van der Waals surface area contributed by atoms with Gasteiger partial charge < -0.3 is 25.3 Å². The molecule has 0 spiro atoms. The average Bonchev–Trinajstić information content (AvgIpc) is 1.89. The molecule has 0 saturated carbocycles. The summed E-state index contributed by atoms with van der Waals surface area (Å²) in [6.45, 7) is 5.80. The SMILES string of the molecule is C=CC(=O)[O-].C=CC(=O)[O-].[Cr+3].[OH-]. The molecular weight excluding hydrogens is 204 g/mol. The van der Waals surface area contributed by atoms with Crippen molar-refractivity contribution in [3.63, 3.8) is 0 Å². The summed E-state index contributed by atoms with van der Waals surface area (Å²) in [5.41, 5.74) is 0. The van der Waals surface area contributed by atoms with Crippen molar-refractivity contribution in [3.8, 4) is 0 Å². The molecule has 1 N–H and O–H groups in total. The fourth-order valence-electron chi connectivity index (χ4n) is 0. The predicted molar refractivity (Wildman–Crippen MR) is 32.3 cm³/mol. The maximum Gasteiger partial charge on any atom is 3.00 e. The van der Waals surface area contributed by atoms with Crippen molar-refractivity contribution in [3.05, 3.63) is 25.3 Å². The van der Waals surface area contributed by atoms with Crippen LogP contribution in [0.5, 0.6) is 0 Å². The van der Waals surface area contributed by atoms with Crippen molar-refractivity contribution in [2.24, 2.45) is 0 Å². The van der Waals surface area contributed by atoms with Crippen LogP contribution in [0.3, 0.4) is 0 Å². The molecule has 0 unspecified atom stereocenters. The van der Waals surface area contributed by atoms with E-state index in [2.05, 4.69) is 13.2 Å². The fraction of sp³-hybridized carbons (Fsp3) is 0. The van der Waals surface area contributed by atoms with Crippen molar-refractivity contribution in [2.45, 2.75) is 0 Å². The molecule has 0 rings (SSSR count). The number of hydrogen-bond acceptors (Lipinski definition) is 5. The third-order valence-corrected chi connectivity index (χ3v) is 0.333. The molecule has 0 heterocycles. The van der Waals surface area contributed by atoms with Gasteiger partial charge in [-0.1, -0.05) is 13.2 Å². The van der Waals surface area contributed by atoms with E-state index in [4.69, 9.17) is 19.8 Å². The molecule has 0 aliphatic rings. The van der Waals surface area contributed by atoms with Crippen LogP contribution >= 0.6 is 0 Å². The smallest absolute Gasteiger partial charge is 0.870 e. The number of rotatable bonds is 2. The normalized spacial score (nSPS) is 5.33. The number of hydrogen-bond donors (Lipinski definition) is 0. The molecule has 12 heavy (non-hydrogen) atoms. The van der Waals surface area contributed by atoms with Gasteiger partial charge >= 0.3 is 17.4 Å². The zero-order chi connectivity index (χ0) is 8.57. The van der Waals surface area contributed by atoms with Crippen molar-refractivity contribution >= 4 is 11.9 Å². The third kappa shape index (κ3) is 65.8. The van der Waals surface area contributed by atoms with E-state index in [1.807, 2.05) is 0 Å². The number of carboxylic acid groups (broad SMARTS) is 2. The summed E-state index contributed by atoms with van der Waals surface area (Å²) in [5, 5.41) is 18.3. The quantitative estimate of drug-likeness (QED) is 0.475. The Hall–Kier alpha value is -1.09. The standard InChI is InChI=1S/2C3H4O2.Cr.H2O/c2*1-2-3(4)5;;/h2*2H,1H2,(H,4,5);;1H2/q;;+3;/p-3. The summed E-state index contributed by atoms with van der Waals surface area (Å²) in [6.07, 6.45) is 1.44. The second-order valence-electron chi connectivity index (χ2n) is 1.05. The van der Waals surface area contributed by atoms with Crippen LogP contribution in [0, 0.1) is 0 Å². The molecule has 0 aromatic carbocycles. The first-order chi connectivity index (χ1) is 4.54. The molecule has 5 nitrogen and oxygen atoms in total. The van der Waals surface area contributed by atoms with Crippen molar-refractivity contribution in [2.75, 3.05) is 0 Å². The Balaban J connectivity index is -0.0000000457. The minimum absolute atomic E-state index is 0. The molecule has 0 saturated heterocycles. The van der Waals surface area contributed by atoms with E-state index >= 15 is 0 Å².